The summed E-state index contributed by atoms with van der Waals surface area (Å²) in [6.07, 6.45) is -1.42. The quantitative estimate of drug-likeness (QED) is 0.298. The molecule has 2 aromatic heterocycles. The number of benzene rings is 2. The maximum atomic E-state index is 13.7. The molecular weight excluding hydrogens is 467 g/mol. The first-order valence-corrected chi connectivity index (χ1v) is 10.2. The fourth-order valence-electron chi connectivity index (χ4n) is 3.17. The van der Waals surface area contributed by atoms with Crippen LogP contribution in [0.4, 0.5) is 33.6 Å². The van der Waals surface area contributed by atoms with Crippen LogP contribution >= 0.6 is 11.3 Å². The Hall–Kier alpha value is -3.54. The van der Waals surface area contributed by atoms with Gasteiger partial charge in [-0.25, -0.2) is 26.9 Å². The highest BCUT2D eigenvalue weighted by atomic mass is 32.1. The molecule has 0 unspecified atom stereocenters. The summed E-state index contributed by atoms with van der Waals surface area (Å²) in [5.74, 6) is -4.44. The van der Waals surface area contributed by atoms with Crippen LogP contribution < -0.4 is 15.6 Å². The first kappa shape index (κ1) is 22.6. The molecule has 0 aliphatic rings. The van der Waals surface area contributed by atoms with E-state index in [0.29, 0.717) is 21.5 Å². The first-order chi connectivity index (χ1) is 15.7. The van der Waals surface area contributed by atoms with Crippen LogP contribution in [-0.4, -0.2) is 21.6 Å². The molecule has 1 N–H and O–H groups in total. The number of thiazole rings is 1. The van der Waals surface area contributed by atoms with Crippen LogP contribution in [0, 0.1) is 24.4 Å². The molecule has 0 amide bonds. The maximum absolute atomic E-state index is 13.7. The van der Waals surface area contributed by atoms with E-state index < -0.39 is 29.4 Å². The lowest BCUT2D eigenvalue weighted by atomic mass is 10.2. The lowest BCUT2D eigenvalue weighted by Crippen LogP contribution is -2.19. The number of methoxy groups -OCH3 is 1. The minimum atomic E-state index is -2.70. The van der Waals surface area contributed by atoms with Gasteiger partial charge in [0.25, 0.3) is 6.43 Å². The third kappa shape index (κ3) is 4.51. The van der Waals surface area contributed by atoms with E-state index in [2.05, 4.69) is 15.3 Å². The van der Waals surface area contributed by atoms with E-state index >= 15 is 0 Å². The average Bonchev–Trinajstić information content (AvgIpc) is 3.17. The largest absolute Gasteiger partial charge is 0.490 e. The van der Waals surface area contributed by atoms with Crippen molar-refractivity contribution in [3.05, 3.63) is 74.4 Å². The number of aromatic nitrogens is 3. The Bertz CT molecular complexity index is 1400. The second-order valence-electron chi connectivity index (χ2n) is 7.05. The van der Waals surface area contributed by atoms with Gasteiger partial charge in [0.05, 0.1) is 30.1 Å². The molecule has 0 saturated carbocycles. The Morgan fingerprint density at radius 3 is 2.45 bits per heavy atom. The molecule has 0 atom stereocenters. The molecule has 0 spiro atoms. The van der Waals surface area contributed by atoms with Crippen LogP contribution in [-0.2, 0) is 6.54 Å². The number of anilines is 2. The highest BCUT2D eigenvalue weighted by Crippen LogP contribution is 2.33. The Labute approximate surface area is 187 Å². The summed E-state index contributed by atoms with van der Waals surface area (Å²) < 4.78 is 73.5. The minimum absolute atomic E-state index is 0.00742. The smallest absolute Gasteiger partial charge is 0.316 e. The molecule has 172 valence electrons. The summed E-state index contributed by atoms with van der Waals surface area (Å²) in [5, 5.41) is 2.63. The lowest BCUT2D eigenvalue weighted by molar-refractivity contribution is 0.151. The van der Waals surface area contributed by atoms with Crippen molar-refractivity contribution < 1.29 is 26.7 Å². The van der Waals surface area contributed by atoms with E-state index in [4.69, 9.17) is 4.74 Å². The number of halogens is 5. The number of nitrogens with zero attached hydrogens (tertiary/aromatic N) is 3. The molecule has 0 radical (unpaired) electrons. The van der Waals surface area contributed by atoms with Crippen LogP contribution in [0.5, 0.6) is 5.75 Å². The number of nitrogens with one attached hydrogen (secondary N) is 1. The van der Waals surface area contributed by atoms with Crippen molar-refractivity contribution in [3.8, 4) is 5.75 Å². The van der Waals surface area contributed by atoms with Crippen molar-refractivity contribution in [2.75, 3.05) is 12.4 Å². The third-order valence-electron chi connectivity index (χ3n) is 4.76. The van der Waals surface area contributed by atoms with Gasteiger partial charge in [-0.05, 0) is 42.3 Å². The van der Waals surface area contributed by atoms with E-state index in [1.54, 1.807) is 19.1 Å². The van der Waals surface area contributed by atoms with E-state index in [0.717, 1.165) is 23.5 Å². The van der Waals surface area contributed by atoms with Crippen LogP contribution in [0.15, 0.2) is 35.3 Å². The summed E-state index contributed by atoms with van der Waals surface area (Å²) in [4.78, 5) is 20.1. The van der Waals surface area contributed by atoms with Gasteiger partial charge in [0, 0.05) is 5.69 Å². The molecule has 2 heterocycles. The van der Waals surface area contributed by atoms with E-state index in [9.17, 15) is 26.7 Å². The summed E-state index contributed by atoms with van der Waals surface area (Å²) in [6.45, 7) is 1.53. The molecule has 2 aromatic carbocycles. The second kappa shape index (κ2) is 8.77. The second-order valence-corrected chi connectivity index (χ2v) is 8.11. The summed E-state index contributed by atoms with van der Waals surface area (Å²) >= 11 is 0.830. The number of fused-ring (bicyclic) bond motifs is 1. The minimum Gasteiger partial charge on any atom is -0.490 e. The van der Waals surface area contributed by atoms with Gasteiger partial charge in [0.15, 0.2) is 22.5 Å². The van der Waals surface area contributed by atoms with Crippen molar-refractivity contribution in [3.63, 3.8) is 0 Å². The Kier molecular flexibility index (Phi) is 6.02. The Morgan fingerprint density at radius 1 is 1.12 bits per heavy atom. The number of aryl methyl sites for hydroxylation is 1. The van der Waals surface area contributed by atoms with Crippen LogP contribution in [0.25, 0.3) is 10.2 Å². The molecule has 0 aliphatic carbocycles. The zero-order valence-electron chi connectivity index (χ0n) is 17.1. The van der Waals surface area contributed by atoms with Gasteiger partial charge in [0.2, 0.25) is 11.7 Å². The van der Waals surface area contributed by atoms with Crippen molar-refractivity contribution >= 4 is 33.2 Å². The predicted octanol–water partition coefficient (Wildman–Crippen LogP) is 5.32. The highest BCUT2D eigenvalue weighted by molar-refractivity contribution is 7.18. The molecule has 4 aromatic rings. The van der Waals surface area contributed by atoms with Crippen molar-refractivity contribution in [1.29, 1.82) is 0 Å². The summed E-state index contributed by atoms with van der Waals surface area (Å²) in [7, 11) is 1.26. The normalized spacial score (nSPS) is 11.4. The molecule has 4 rings (SSSR count). The summed E-state index contributed by atoms with van der Waals surface area (Å²) in [5.41, 5.74) is 0.844. The topological polar surface area (TPSA) is 69.0 Å². The van der Waals surface area contributed by atoms with Gasteiger partial charge in [0.1, 0.15) is 0 Å². The number of rotatable bonds is 6. The lowest BCUT2D eigenvalue weighted by Gasteiger charge is -2.16. The molecule has 6 nitrogen and oxygen atoms in total. The van der Waals surface area contributed by atoms with Crippen molar-refractivity contribution in [2.45, 2.75) is 19.9 Å². The van der Waals surface area contributed by atoms with Crippen molar-refractivity contribution in [2.24, 2.45) is 0 Å². The average molecular weight is 482 g/mol. The first-order valence-electron chi connectivity index (χ1n) is 9.41. The van der Waals surface area contributed by atoms with Crippen LogP contribution in [0.1, 0.15) is 22.6 Å². The molecule has 0 saturated heterocycles. The fraction of sp³-hybridized carbons (Fsp3) is 0.190. The SMILES string of the molecule is COc1cn(Cc2cc(F)c(F)c(F)c2)c(Nc2cc3sc(C(F)F)nc3cc2C)nc1=O. The number of ether oxygens (including phenoxy) is 1. The van der Waals surface area contributed by atoms with E-state index in [1.807, 2.05) is 0 Å². The van der Waals surface area contributed by atoms with Gasteiger partial charge < -0.3 is 14.6 Å². The van der Waals surface area contributed by atoms with Gasteiger partial charge in [-0.3, -0.25) is 4.79 Å². The van der Waals surface area contributed by atoms with Gasteiger partial charge >= 0.3 is 5.56 Å². The van der Waals surface area contributed by atoms with E-state index in [1.165, 1.54) is 17.9 Å². The molecule has 0 aliphatic heterocycles. The zero-order valence-corrected chi connectivity index (χ0v) is 17.9. The van der Waals surface area contributed by atoms with Crippen molar-refractivity contribution in [1.82, 2.24) is 14.5 Å². The molecule has 12 heteroatoms. The third-order valence-corrected chi connectivity index (χ3v) is 5.79. The number of hydrogen-bond donors (Lipinski definition) is 1. The Balaban J connectivity index is 1.77. The number of hydrogen-bond acceptors (Lipinski definition) is 6. The van der Waals surface area contributed by atoms with Crippen LogP contribution in [0.3, 0.4) is 0 Å². The predicted molar refractivity (Wildman–Crippen MR) is 113 cm³/mol. The monoisotopic (exact) mass is 482 g/mol. The highest BCUT2D eigenvalue weighted by Gasteiger charge is 2.17. The maximum Gasteiger partial charge on any atom is 0.316 e. The molecular formula is C21H15F5N4O2S. The van der Waals surface area contributed by atoms with Gasteiger partial charge in [-0.2, -0.15) is 4.98 Å². The van der Waals surface area contributed by atoms with Crippen LogP contribution in [0.2, 0.25) is 0 Å². The van der Waals surface area contributed by atoms with Gasteiger partial charge in [-0.1, -0.05) is 0 Å². The molecule has 33 heavy (non-hydrogen) atoms. The fourth-order valence-corrected chi connectivity index (χ4v) is 4.02. The number of alkyl halides is 2. The zero-order chi connectivity index (χ0) is 23.9. The van der Waals surface area contributed by atoms with E-state index in [-0.39, 0.29) is 28.8 Å². The Morgan fingerprint density at radius 2 is 1.82 bits per heavy atom. The standard InChI is InChI=1S/C21H15F5N4O2S/c1-9-3-14-16(33-20(27-14)18(25)26)6-13(9)28-21-29-19(31)15(32-2)8-30(21)7-10-4-11(22)17(24)12(23)5-10/h3-6,8,18H,7H2,1-2H3,(H,28,29,31). The molecule has 0 bridgehead atoms. The van der Waals surface area contributed by atoms with Gasteiger partial charge in [-0.15, -0.1) is 11.3 Å². The molecule has 0 fully saturated rings. The summed E-state index contributed by atoms with van der Waals surface area (Å²) in [6, 6.07) is 4.85.